The Labute approximate surface area is 126 Å². The summed E-state index contributed by atoms with van der Waals surface area (Å²) in [6, 6.07) is 6.69. The van der Waals surface area contributed by atoms with E-state index in [0.29, 0.717) is 6.04 Å². The van der Waals surface area contributed by atoms with Gasteiger partial charge >= 0.3 is 0 Å². The highest BCUT2D eigenvalue weighted by molar-refractivity contribution is 6.02. The maximum absolute atomic E-state index is 9.08. The predicted molar refractivity (Wildman–Crippen MR) is 86.0 cm³/mol. The molecule has 0 bridgehead atoms. The van der Waals surface area contributed by atoms with Crippen molar-refractivity contribution in [1.82, 2.24) is 0 Å². The van der Waals surface area contributed by atoms with Gasteiger partial charge in [0.1, 0.15) is 0 Å². The number of oxime groups is 1. The Kier molecular flexibility index (Phi) is 4.04. The topological polar surface area (TPSA) is 61.9 Å². The fourth-order valence-electron chi connectivity index (χ4n) is 4.20. The van der Waals surface area contributed by atoms with Crippen molar-refractivity contribution in [3.8, 4) is 0 Å². The third-order valence-electron chi connectivity index (χ3n) is 5.15. The minimum Gasteiger partial charge on any atom is -0.409 e. The number of piperidine rings is 1. The molecule has 21 heavy (non-hydrogen) atoms. The van der Waals surface area contributed by atoms with Crippen LogP contribution in [0.3, 0.4) is 0 Å². The molecule has 1 heterocycles. The van der Waals surface area contributed by atoms with Crippen molar-refractivity contribution >= 4 is 11.5 Å². The number of hydrogen-bond acceptors (Lipinski definition) is 3. The van der Waals surface area contributed by atoms with Crippen LogP contribution in [0.15, 0.2) is 23.4 Å². The van der Waals surface area contributed by atoms with E-state index in [-0.39, 0.29) is 5.84 Å². The minimum absolute atomic E-state index is 0.214. The summed E-state index contributed by atoms with van der Waals surface area (Å²) in [5.41, 5.74) is 9.16. The summed E-state index contributed by atoms with van der Waals surface area (Å²) in [6.07, 6.45) is 7.91. The molecule has 0 aromatic heterocycles. The smallest absolute Gasteiger partial charge is 0.172 e. The molecule has 4 nitrogen and oxygen atoms in total. The van der Waals surface area contributed by atoms with Crippen molar-refractivity contribution in [3.63, 3.8) is 0 Å². The SMILES string of the molecule is Cc1cccc(/C(N)=N/O)c1N1CCCC2CCCCC21. The molecular formula is C17H25N3O. The standard InChI is InChI=1S/C17H25N3O/c1-12-6-4-9-14(17(18)19-21)16(12)20-11-5-8-13-7-2-3-10-15(13)20/h4,6,9,13,15,21H,2-3,5,7-8,10-11H2,1H3,(H2,18,19). The maximum Gasteiger partial charge on any atom is 0.172 e. The van der Waals surface area contributed by atoms with Crippen molar-refractivity contribution in [2.75, 3.05) is 11.4 Å². The number of para-hydroxylation sites is 1. The number of amidine groups is 1. The Hall–Kier alpha value is -1.71. The van der Waals surface area contributed by atoms with E-state index in [1.54, 1.807) is 0 Å². The monoisotopic (exact) mass is 287 g/mol. The number of hydrogen-bond donors (Lipinski definition) is 2. The van der Waals surface area contributed by atoms with Crippen LogP contribution in [0.25, 0.3) is 0 Å². The molecule has 114 valence electrons. The van der Waals surface area contributed by atoms with Gasteiger partial charge in [-0.25, -0.2) is 0 Å². The Bertz CT molecular complexity index is 539. The van der Waals surface area contributed by atoms with E-state index in [1.807, 2.05) is 12.1 Å². The Morgan fingerprint density at radius 2 is 2.00 bits per heavy atom. The van der Waals surface area contributed by atoms with E-state index in [4.69, 9.17) is 10.9 Å². The molecule has 3 N–H and O–H groups in total. The average molecular weight is 287 g/mol. The molecule has 2 aliphatic rings. The highest BCUT2D eigenvalue weighted by atomic mass is 16.4. The van der Waals surface area contributed by atoms with Gasteiger partial charge < -0.3 is 15.8 Å². The van der Waals surface area contributed by atoms with Crippen LogP contribution in [0.5, 0.6) is 0 Å². The van der Waals surface area contributed by atoms with Gasteiger partial charge in [-0.3, -0.25) is 0 Å². The maximum atomic E-state index is 9.08. The summed E-state index contributed by atoms with van der Waals surface area (Å²) in [4.78, 5) is 2.54. The quantitative estimate of drug-likeness (QED) is 0.380. The van der Waals surface area contributed by atoms with Crippen molar-refractivity contribution in [3.05, 3.63) is 29.3 Å². The Morgan fingerprint density at radius 1 is 1.24 bits per heavy atom. The number of nitrogens with zero attached hydrogens (tertiary/aromatic N) is 2. The molecule has 2 fully saturated rings. The molecular weight excluding hydrogens is 262 g/mol. The van der Waals surface area contributed by atoms with Crippen molar-refractivity contribution < 1.29 is 5.21 Å². The summed E-state index contributed by atoms with van der Waals surface area (Å²) in [5.74, 6) is 1.03. The molecule has 1 aliphatic carbocycles. The molecule has 1 aromatic carbocycles. The highest BCUT2D eigenvalue weighted by Gasteiger charge is 2.34. The van der Waals surface area contributed by atoms with Crippen LogP contribution >= 0.6 is 0 Å². The lowest BCUT2D eigenvalue weighted by Gasteiger charge is -2.46. The van der Waals surface area contributed by atoms with Crippen LogP contribution in [0.1, 0.15) is 49.7 Å². The molecule has 3 rings (SSSR count). The highest BCUT2D eigenvalue weighted by Crippen LogP contribution is 2.39. The lowest BCUT2D eigenvalue weighted by Crippen LogP contribution is -2.47. The number of rotatable bonds is 2. The van der Waals surface area contributed by atoms with Gasteiger partial charge in [-0.05, 0) is 50.2 Å². The molecule has 2 unspecified atom stereocenters. The fraction of sp³-hybridized carbons (Fsp3) is 0.588. The van der Waals surface area contributed by atoms with Crippen LogP contribution in [0.4, 0.5) is 5.69 Å². The van der Waals surface area contributed by atoms with Gasteiger partial charge in [0.25, 0.3) is 0 Å². The first kappa shape index (κ1) is 14.2. The van der Waals surface area contributed by atoms with Gasteiger partial charge in [-0.1, -0.05) is 30.1 Å². The minimum atomic E-state index is 0.214. The molecule has 2 atom stereocenters. The summed E-state index contributed by atoms with van der Waals surface area (Å²) < 4.78 is 0. The number of fused-ring (bicyclic) bond motifs is 1. The van der Waals surface area contributed by atoms with Gasteiger partial charge in [0.15, 0.2) is 5.84 Å². The molecule has 1 saturated heterocycles. The van der Waals surface area contributed by atoms with E-state index < -0.39 is 0 Å². The lowest BCUT2D eigenvalue weighted by atomic mass is 9.78. The van der Waals surface area contributed by atoms with Crippen molar-refractivity contribution in [2.24, 2.45) is 16.8 Å². The van der Waals surface area contributed by atoms with Crippen molar-refractivity contribution in [1.29, 1.82) is 0 Å². The zero-order valence-electron chi connectivity index (χ0n) is 12.8. The van der Waals surface area contributed by atoms with Gasteiger partial charge in [-0.15, -0.1) is 0 Å². The first-order valence-electron chi connectivity index (χ1n) is 8.06. The van der Waals surface area contributed by atoms with E-state index in [0.717, 1.165) is 18.0 Å². The fourth-order valence-corrected chi connectivity index (χ4v) is 4.20. The van der Waals surface area contributed by atoms with E-state index in [9.17, 15) is 0 Å². The van der Waals surface area contributed by atoms with Crippen LogP contribution in [0.2, 0.25) is 0 Å². The zero-order valence-corrected chi connectivity index (χ0v) is 12.8. The summed E-state index contributed by atoms with van der Waals surface area (Å²) in [5, 5.41) is 12.3. The molecule has 0 amide bonds. The van der Waals surface area contributed by atoms with Gasteiger partial charge in [0.05, 0.1) is 5.69 Å². The third-order valence-corrected chi connectivity index (χ3v) is 5.15. The predicted octanol–water partition coefficient (Wildman–Crippen LogP) is 3.25. The molecule has 0 spiro atoms. The third kappa shape index (κ3) is 2.59. The van der Waals surface area contributed by atoms with Gasteiger partial charge in [0, 0.05) is 18.2 Å². The normalized spacial score (nSPS) is 26.5. The van der Waals surface area contributed by atoms with E-state index >= 15 is 0 Å². The summed E-state index contributed by atoms with van der Waals surface area (Å²) >= 11 is 0. The number of nitrogens with two attached hydrogens (primary N) is 1. The largest absolute Gasteiger partial charge is 0.409 e. The zero-order chi connectivity index (χ0) is 14.8. The van der Waals surface area contributed by atoms with Gasteiger partial charge in [0.2, 0.25) is 0 Å². The first-order chi connectivity index (χ1) is 10.2. The van der Waals surface area contributed by atoms with E-state index in [1.165, 1.54) is 49.8 Å². The Morgan fingerprint density at radius 3 is 2.81 bits per heavy atom. The molecule has 1 aromatic rings. The van der Waals surface area contributed by atoms with Crippen molar-refractivity contribution in [2.45, 2.75) is 51.5 Å². The second kappa shape index (κ2) is 5.96. The van der Waals surface area contributed by atoms with E-state index in [2.05, 4.69) is 23.0 Å². The first-order valence-corrected chi connectivity index (χ1v) is 8.06. The van der Waals surface area contributed by atoms with Gasteiger partial charge in [-0.2, -0.15) is 0 Å². The molecule has 4 heteroatoms. The van der Waals surface area contributed by atoms with Crippen LogP contribution < -0.4 is 10.6 Å². The Balaban J connectivity index is 2.02. The van der Waals surface area contributed by atoms with Crippen LogP contribution in [-0.4, -0.2) is 23.6 Å². The van der Waals surface area contributed by atoms with Crippen LogP contribution in [-0.2, 0) is 0 Å². The lowest BCUT2D eigenvalue weighted by molar-refractivity contribution is 0.243. The number of aryl methyl sites for hydroxylation is 1. The summed E-state index contributed by atoms with van der Waals surface area (Å²) in [6.45, 7) is 3.20. The number of benzene rings is 1. The second-order valence-corrected chi connectivity index (χ2v) is 6.40. The molecule has 1 aliphatic heterocycles. The molecule has 1 saturated carbocycles. The average Bonchev–Trinajstić information content (AvgIpc) is 2.53. The summed E-state index contributed by atoms with van der Waals surface area (Å²) in [7, 11) is 0. The molecule has 0 radical (unpaired) electrons. The van der Waals surface area contributed by atoms with Crippen LogP contribution in [0, 0.1) is 12.8 Å². The number of anilines is 1. The second-order valence-electron chi connectivity index (χ2n) is 6.40.